The molecule has 6 heteroatoms. The van der Waals surface area contributed by atoms with Crippen molar-refractivity contribution < 1.29 is 9.90 Å². The van der Waals surface area contributed by atoms with Crippen LogP contribution in [0.4, 0.5) is 0 Å². The van der Waals surface area contributed by atoms with Gasteiger partial charge in [0.1, 0.15) is 0 Å². The molecule has 0 aliphatic heterocycles. The fraction of sp³-hybridized carbons (Fsp3) is 0.250. The highest BCUT2D eigenvalue weighted by Gasteiger charge is 2.12. The first-order valence-corrected chi connectivity index (χ1v) is 2.78. The van der Waals surface area contributed by atoms with Crippen molar-refractivity contribution in [3.63, 3.8) is 0 Å². The zero-order valence-corrected chi connectivity index (χ0v) is 5.83. The highest BCUT2D eigenvalue weighted by Crippen LogP contribution is 2.00. The van der Waals surface area contributed by atoms with Gasteiger partial charge in [0.25, 0.3) is 0 Å². The maximum Gasteiger partial charge on any atom is 0.358 e. The first-order valence-electron chi connectivity index (χ1n) is 2.44. The summed E-state index contributed by atoms with van der Waals surface area (Å²) in [6, 6.07) is 0. The molecule has 1 rings (SSSR count). The van der Waals surface area contributed by atoms with Crippen molar-refractivity contribution in [2.45, 2.75) is 6.92 Å². The van der Waals surface area contributed by atoms with Gasteiger partial charge in [0.2, 0.25) is 0 Å². The molecule has 1 N–H and O–H groups in total. The van der Waals surface area contributed by atoms with Crippen LogP contribution in [-0.2, 0) is 0 Å². The number of halogens is 1. The van der Waals surface area contributed by atoms with Crippen LogP contribution in [0, 0.1) is 6.92 Å². The van der Waals surface area contributed by atoms with E-state index in [0.29, 0.717) is 10.0 Å². The average Bonchev–Trinajstić information content (AvgIpc) is 2.10. The summed E-state index contributed by atoms with van der Waals surface area (Å²) in [5, 5.41) is 15.3. The highest BCUT2D eigenvalue weighted by atomic mass is 35.5. The van der Waals surface area contributed by atoms with E-state index < -0.39 is 5.97 Å². The Kier molecular flexibility index (Phi) is 1.58. The van der Waals surface area contributed by atoms with Crippen LogP contribution in [0.25, 0.3) is 0 Å². The summed E-state index contributed by atoms with van der Waals surface area (Å²) in [7, 11) is 0. The van der Waals surface area contributed by atoms with Gasteiger partial charge in [-0.25, -0.2) is 4.79 Å². The van der Waals surface area contributed by atoms with E-state index in [1.807, 2.05) is 0 Å². The van der Waals surface area contributed by atoms with Gasteiger partial charge in [0, 0.05) is 0 Å². The molecule has 0 aliphatic carbocycles. The van der Waals surface area contributed by atoms with Gasteiger partial charge in [-0.3, -0.25) is 0 Å². The minimum atomic E-state index is -1.12. The second-order valence-corrected chi connectivity index (χ2v) is 1.98. The van der Waals surface area contributed by atoms with Crippen LogP contribution in [0.3, 0.4) is 0 Å². The molecule has 0 atom stereocenters. The zero-order valence-electron chi connectivity index (χ0n) is 5.08. The lowest BCUT2D eigenvalue weighted by Crippen LogP contribution is -1.99. The predicted molar refractivity (Wildman–Crippen MR) is 33.0 cm³/mol. The summed E-state index contributed by atoms with van der Waals surface area (Å²) < 4.78 is 0.707. The minimum absolute atomic E-state index is 0.116. The third kappa shape index (κ3) is 1.08. The van der Waals surface area contributed by atoms with Gasteiger partial charge in [-0.2, -0.15) is 0 Å². The third-order valence-corrected chi connectivity index (χ3v) is 1.11. The minimum Gasteiger partial charge on any atom is -0.476 e. The zero-order chi connectivity index (χ0) is 7.72. The molecule has 0 saturated heterocycles. The van der Waals surface area contributed by atoms with Crippen LogP contribution < -0.4 is 0 Å². The van der Waals surface area contributed by atoms with Crippen LogP contribution in [0.15, 0.2) is 0 Å². The van der Waals surface area contributed by atoms with E-state index in [0.717, 1.165) is 0 Å². The van der Waals surface area contributed by atoms with Crippen molar-refractivity contribution in [3.8, 4) is 0 Å². The molecule has 1 aromatic rings. The lowest BCUT2D eigenvalue weighted by atomic mass is 10.4. The maximum absolute atomic E-state index is 10.3. The lowest BCUT2D eigenvalue weighted by Gasteiger charge is -1.81. The molecular formula is C4H4ClN3O2. The van der Waals surface area contributed by atoms with Gasteiger partial charge in [-0.05, 0) is 6.92 Å². The van der Waals surface area contributed by atoms with Crippen molar-refractivity contribution in [2.75, 3.05) is 0 Å². The predicted octanol–water partition coefficient (Wildman–Crippen LogP) is 0.287. The molecular weight excluding hydrogens is 158 g/mol. The Hall–Kier alpha value is -1.10. The summed E-state index contributed by atoms with van der Waals surface area (Å²) >= 11 is 5.24. The first kappa shape index (κ1) is 7.01. The Labute approximate surface area is 61.3 Å². The topological polar surface area (TPSA) is 68.0 Å². The smallest absolute Gasteiger partial charge is 0.358 e. The summed E-state index contributed by atoms with van der Waals surface area (Å²) in [6.45, 7) is 1.52. The van der Waals surface area contributed by atoms with Gasteiger partial charge in [-0.1, -0.05) is 4.32 Å². The number of carbonyl (C=O) groups is 1. The second-order valence-electron chi connectivity index (χ2n) is 1.68. The van der Waals surface area contributed by atoms with Crippen LogP contribution in [0.2, 0.25) is 0 Å². The molecule has 0 radical (unpaired) electrons. The fourth-order valence-electron chi connectivity index (χ4n) is 0.546. The van der Waals surface area contributed by atoms with Crippen molar-refractivity contribution in [3.05, 3.63) is 11.4 Å². The van der Waals surface area contributed by atoms with Crippen LogP contribution >= 0.6 is 11.8 Å². The number of rotatable bonds is 1. The van der Waals surface area contributed by atoms with E-state index in [-0.39, 0.29) is 5.69 Å². The SMILES string of the molecule is Cc1nn(Cl)nc1C(=O)O. The van der Waals surface area contributed by atoms with Crippen LogP contribution in [-0.4, -0.2) is 25.6 Å². The normalized spacial score (nSPS) is 9.80. The third-order valence-electron chi connectivity index (χ3n) is 0.960. The molecule has 0 aliphatic rings. The monoisotopic (exact) mass is 161 g/mol. The summed E-state index contributed by atoms with van der Waals surface area (Å²) in [4.78, 5) is 10.3. The van der Waals surface area contributed by atoms with Crippen LogP contribution in [0.1, 0.15) is 16.2 Å². The Bertz CT molecular complexity index is 269. The Morgan fingerprint density at radius 2 is 2.30 bits per heavy atom. The fourth-order valence-corrected chi connectivity index (χ4v) is 0.735. The van der Waals surface area contributed by atoms with Gasteiger partial charge in [-0.15, -0.1) is 10.2 Å². The Balaban J connectivity index is 3.15. The van der Waals surface area contributed by atoms with Gasteiger partial charge >= 0.3 is 5.97 Å². The largest absolute Gasteiger partial charge is 0.476 e. The van der Waals surface area contributed by atoms with Crippen molar-refractivity contribution in [1.29, 1.82) is 0 Å². The molecule has 0 amide bonds. The van der Waals surface area contributed by atoms with Gasteiger partial charge in [0.05, 0.1) is 17.5 Å². The molecule has 5 nitrogen and oxygen atoms in total. The molecule has 0 aromatic carbocycles. The number of nitrogens with zero attached hydrogens (tertiary/aromatic N) is 3. The average molecular weight is 162 g/mol. The highest BCUT2D eigenvalue weighted by molar-refractivity contribution is 6.14. The van der Waals surface area contributed by atoms with Gasteiger partial charge < -0.3 is 5.11 Å². The van der Waals surface area contributed by atoms with Crippen molar-refractivity contribution in [2.24, 2.45) is 0 Å². The molecule has 10 heavy (non-hydrogen) atoms. The molecule has 1 heterocycles. The van der Waals surface area contributed by atoms with E-state index in [1.165, 1.54) is 6.92 Å². The molecule has 0 saturated carbocycles. The number of hydrogen-bond acceptors (Lipinski definition) is 3. The molecule has 0 fully saturated rings. The lowest BCUT2D eigenvalue weighted by molar-refractivity contribution is 0.0689. The van der Waals surface area contributed by atoms with Crippen molar-refractivity contribution in [1.82, 2.24) is 14.5 Å². The van der Waals surface area contributed by atoms with Crippen LogP contribution in [0.5, 0.6) is 0 Å². The number of aryl methyl sites for hydroxylation is 1. The summed E-state index contributed by atoms with van der Waals surface area (Å²) in [5.41, 5.74) is 0.192. The number of aromatic nitrogens is 3. The van der Waals surface area contributed by atoms with E-state index in [9.17, 15) is 4.79 Å². The standard InChI is InChI=1S/C4H4ClN3O2/c1-2-3(4(9)10)7-8(5)6-2/h1H3,(H,9,10). The maximum atomic E-state index is 10.3. The first-order chi connectivity index (χ1) is 4.61. The van der Waals surface area contributed by atoms with E-state index in [2.05, 4.69) is 10.2 Å². The van der Waals surface area contributed by atoms with Gasteiger partial charge in [0.15, 0.2) is 5.69 Å². The molecule has 0 bridgehead atoms. The van der Waals surface area contributed by atoms with E-state index in [4.69, 9.17) is 16.9 Å². The molecule has 1 aromatic heterocycles. The van der Waals surface area contributed by atoms with Crippen molar-refractivity contribution >= 4 is 17.7 Å². The number of carboxylic acids is 1. The second kappa shape index (κ2) is 2.26. The Morgan fingerprint density at radius 3 is 2.50 bits per heavy atom. The number of aromatic carboxylic acids is 1. The number of hydrogen-bond donors (Lipinski definition) is 1. The molecule has 54 valence electrons. The quantitative estimate of drug-likeness (QED) is 0.643. The molecule has 0 spiro atoms. The summed E-state index contributed by atoms with van der Waals surface area (Å²) in [6.07, 6.45) is 0. The van der Waals surface area contributed by atoms with E-state index >= 15 is 0 Å². The molecule has 0 unspecified atom stereocenters. The number of carboxylic acid groups (broad SMARTS) is 1. The Morgan fingerprint density at radius 1 is 1.70 bits per heavy atom. The summed E-state index contributed by atoms with van der Waals surface area (Å²) in [5.74, 6) is -1.12. The van der Waals surface area contributed by atoms with E-state index in [1.54, 1.807) is 0 Å².